The van der Waals surface area contributed by atoms with Crippen LogP contribution < -0.4 is 4.74 Å². The van der Waals surface area contributed by atoms with Gasteiger partial charge in [-0.25, -0.2) is 0 Å². The molecule has 0 radical (unpaired) electrons. The first kappa shape index (κ1) is 30.8. The van der Waals surface area contributed by atoms with E-state index < -0.39 is 23.4 Å². The van der Waals surface area contributed by atoms with Crippen molar-refractivity contribution < 1.29 is 39.5 Å². The fourth-order valence-corrected chi connectivity index (χ4v) is 4.64. The van der Waals surface area contributed by atoms with Gasteiger partial charge in [-0.1, -0.05) is 29.8 Å². The van der Waals surface area contributed by atoms with Crippen molar-refractivity contribution in [2.24, 2.45) is 11.8 Å². The highest BCUT2D eigenvalue weighted by atomic mass is 35.5. The fourth-order valence-electron chi connectivity index (χ4n) is 4.46. The molecule has 0 unspecified atom stereocenters. The average Bonchev–Trinajstić information content (AvgIpc) is 3.12. The maximum Gasteiger partial charge on any atom is 0.305 e. The molecular weight excluding hydrogens is 506 g/mol. The van der Waals surface area contributed by atoms with Gasteiger partial charge in [0.25, 0.3) is 5.09 Å². The number of unbranched alkanes of at least 4 members (excludes halogenated alkanes) is 2. The summed E-state index contributed by atoms with van der Waals surface area (Å²) in [4.78, 5) is 26.0. The van der Waals surface area contributed by atoms with Crippen LogP contribution in [0.5, 0.6) is 5.75 Å². The van der Waals surface area contributed by atoms with E-state index in [1.165, 1.54) is 0 Å². The van der Waals surface area contributed by atoms with E-state index in [0.29, 0.717) is 62.1 Å². The lowest BCUT2D eigenvalue weighted by molar-refractivity contribution is -0.757. The third-order valence-corrected chi connectivity index (χ3v) is 6.65. The molecule has 1 aliphatic rings. The molecule has 0 bridgehead atoms. The SMILES string of the molecule is O=C(CCC/C=C\C[C@@H]1[C@@H](CC[C@@H](O)COc2cccc(Cl)c2)[C@H](O)C[C@@H]1O)OCCCCO[N+](=O)[O-]. The van der Waals surface area contributed by atoms with E-state index in [-0.39, 0.29) is 44.0 Å². The molecule has 11 heteroatoms. The largest absolute Gasteiger partial charge is 0.491 e. The summed E-state index contributed by atoms with van der Waals surface area (Å²) in [6, 6.07) is 6.96. The molecule has 0 spiro atoms. The van der Waals surface area contributed by atoms with Gasteiger partial charge in [-0.05, 0) is 81.4 Å². The normalized spacial score (nSPS) is 22.2. The van der Waals surface area contributed by atoms with Gasteiger partial charge in [-0.3, -0.25) is 4.79 Å². The van der Waals surface area contributed by atoms with Crippen LogP contribution >= 0.6 is 11.6 Å². The summed E-state index contributed by atoms with van der Waals surface area (Å²) in [6.45, 7) is 0.317. The molecule has 1 aromatic carbocycles. The number of aliphatic hydroxyl groups excluding tert-OH is 3. The van der Waals surface area contributed by atoms with Crippen LogP contribution in [0.4, 0.5) is 0 Å². The van der Waals surface area contributed by atoms with E-state index in [0.717, 1.165) is 0 Å². The highest BCUT2D eigenvalue weighted by Gasteiger charge is 2.40. The van der Waals surface area contributed by atoms with E-state index >= 15 is 0 Å². The third-order valence-electron chi connectivity index (χ3n) is 6.42. The number of halogens is 1. The van der Waals surface area contributed by atoms with Gasteiger partial charge >= 0.3 is 5.97 Å². The molecule has 1 saturated carbocycles. The van der Waals surface area contributed by atoms with Crippen LogP contribution in [0.1, 0.15) is 57.8 Å². The van der Waals surface area contributed by atoms with E-state index in [1.807, 2.05) is 12.2 Å². The van der Waals surface area contributed by atoms with Crippen LogP contribution in [0.3, 0.4) is 0 Å². The van der Waals surface area contributed by atoms with Crippen molar-refractivity contribution in [3.63, 3.8) is 0 Å². The number of rotatable bonds is 18. The lowest BCUT2D eigenvalue weighted by Crippen LogP contribution is -2.25. The number of carbonyl (C=O) groups excluding carboxylic acids is 1. The summed E-state index contributed by atoms with van der Waals surface area (Å²) in [6.07, 6.45) is 6.48. The highest BCUT2D eigenvalue weighted by molar-refractivity contribution is 6.30. The first-order chi connectivity index (χ1) is 17.8. The van der Waals surface area contributed by atoms with Crippen molar-refractivity contribution in [2.45, 2.75) is 76.1 Å². The van der Waals surface area contributed by atoms with E-state index in [9.17, 15) is 30.2 Å². The van der Waals surface area contributed by atoms with Crippen molar-refractivity contribution in [3.8, 4) is 5.75 Å². The summed E-state index contributed by atoms with van der Waals surface area (Å²) in [5.74, 6) is 0.0538. The zero-order valence-corrected chi connectivity index (χ0v) is 21.7. The molecule has 0 aromatic heterocycles. The second-order valence-corrected chi connectivity index (χ2v) is 9.72. The maximum atomic E-state index is 11.7. The molecule has 0 heterocycles. The second kappa shape index (κ2) is 17.2. The molecule has 37 heavy (non-hydrogen) atoms. The van der Waals surface area contributed by atoms with Crippen molar-refractivity contribution >= 4 is 17.6 Å². The van der Waals surface area contributed by atoms with Crippen molar-refractivity contribution in [1.82, 2.24) is 0 Å². The number of aliphatic hydroxyl groups is 3. The number of carbonyl (C=O) groups is 1. The molecule has 208 valence electrons. The molecule has 0 aliphatic heterocycles. The molecule has 1 aromatic rings. The van der Waals surface area contributed by atoms with Crippen LogP contribution in [-0.2, 0) is 14.4 Å². The lowest BCUT2D eigenvalue weighted by Gasteiger charge is -2.23. The van der Waals surface area contributed by atoms with Gasteiger partial charge in [0.05, 0.1) is 31.5 Å². The van der Waals surface area contributed by atoms with Gasteiger partial charge in [0.15, 0.2) is 0 Å². The Bertz CT molecular complexity index is 853. The topological polar surface area (TPSA) is 149 Å². The molecule has 3 N–H and O–H groups in total. The summed E-state index contributed by atoms with van der Waals surface area (Å²) in [5, 5.41) is 40.9. The Morgan fingerprint density at radius 1 is 1.16 bits per heavy atom. The number of esters is 1. The van der Waals surface area contributed by atoms with Gasteiger partial charge in [0, 0.05) is 11.4 Å². The average molecular weight is 544 g/mol. The number of ether oxygens (including phenoxy) is 2. The number of allylic oxidation sites excluding steroid dienone is 2. The zero-order chi connectivity index (χ0) is 27.0. The molecule has 1 aliphatic carbocycles. The minimum Gasteiger partial charge on any atom is -0.491 e. The van der Waals surface area contributed by atoms with Crippen molar-refractivity contribution in [3.05, 3.63) is 51.6 Å². The smallest absolute Gasteiger partial charge is 0.305 e. The van der Waals surface area contributed by atoms with E-state index in [2.05, 4.69) is 4.84 Å². The lowest BCUT2D eigenvalue weighted by atomic mass is 9.86. The van der Waals surface area contributed by atoms with Gasteiger partial charge in [0.1, 0.15) is 12.4 Å². The molecular formula is C26H38ClNO9. The molecule has 2 rings (SSSR count). The standard InChI is InChI=1S/C26H38ClNO9/c27-19-8-7-9-21(16-19)36-18-20(29)12-13-23-22(24(30)17-25(23)31)10-3-1-2-4-11-26(32)35-14-5-6-15-37-28(33)34/h1,3,7-9,16,20,22-25,29-31H,2,4-6,10-15,17-18H2/b3-1-/t20-,22-,23-,24+,25-/m1/s1. The van der Waals surface area contributed by atoms with Gasteiger partial charge in [-0.2, -0.15) is 0 Å². The summed E-state index contributed by atoms with van der Waals surface area (Å²) >= 11 is 5.94. The molecule has 0 saturated heterocycles. The molecule has 0 amide bonds. The molecule has 1 fully saturated rings. The Morgan fingerprint density at radius 2 is 1.92 bits per heavy atom. The summed E-state index contributed by atoms with van der Waals surface area (Å²) in [5.41, 5.74) is 0. The van der Waals surface area contributed by atoms with Gasteiger partial charge < -0.3 is 29.6 Å². The van der Waals surface area contributed by atoms with E-state index in [4.69, 9.17) is 21.1 Å². The van der Waals surface area contributed by atoms with Crippen molar-refractivity contribution in [2.75, 3.05) is 19.8 Å². The Morgan fingerprint density at radius 3 is 2.68 bits per heavy atom. The molecule has 10 nitrogen and oxygen atoms in total. The first-order valence-corrected chi connectivity index (χ1v) is 13.1. The quantitative estimate of drug-likeness (QED) is 0.0824. The number of hydrogen-bond donors (Lipinski definition) is 3. The van der Waals surface area contributed by atoms with Gasteiger partial charge in [0.2, 0.25) is 0 Å². The summed E-state index contributed by atoms with van der Waals surface area (Å²) < 4.78 is 10.7. The van der Waals surface area contributed by atoms with Gasteiger partial charge in [-0.15, -0.1) is 10.1 Å². The Kier molecular flexibility index (Phi) is 14.3. The number of nitrogens with zero attached hydrogens (tertiary/aromatic N) is 1. The van der Waals surface area contributed by atoms with Crippen LogP contribution in [0.25, 0.3) is 0 Å². The first-order valence-electron chi connectivity index (χ1n) is 12.8. The Balaban J connectivity index is 1.61. The van der Waals surface area contributed by atoms with Crippen LogP contribution in [0.2, 0.25) is 5.02 Å². The van der Waals surface area contributed by atoms with E-state index in [1.54, 1.807) is 24.3 Å². The maximum absolute atomic E-state index is 11.7. The zero-order valence-electron chi connectivity index (χ0n) is 21.0. The second-order valence-electron chi connectivity index (χ2n) is 9.28. The van der Waals surface area contributed by atoms with Crippen LogP contribution in [-0.4, -0.2) is 64.5 Å². The number of hydrogen-bond acceptors (Lipinski definition) is 9. The third kappa shape index (κ3) is 12.6. The molecule has 5 atom stereocenters. The predicted molar refractivity (Wildman–Crippen MR) is 137 cm³/mol. The highest BCUT2D eigenvalue weighted by Crippen LogP contribution is 2.38. The minimum absolute atomic E-state index is 0.0120. The Hall–Kier alpha value is -2.40. The van der Waals surface area contributed by atoms with Crippen molar-refractivity contribution in [1.29, 1.82) is 0 Å². The summed E-state index contributed by atoms with van der Waals surface area (Å²) in [7, 11) is 0. The van der Waals surface area contributed by atoms with Crippen LogP contribution in [0, 0.1) is 22.0 Å². The number of benzene rings is 1. The Labute approximate surface area is 222 Å². The fraction of sp³-hybridized carbons (Fsp3) is 0.654. The van der Waals surface area contributed by atoms with Crippen LogP contribution in [0.15, 0.2) is 36.4 Å². The minimum atomic E-state index is -0.847. The predicted octanol–water partition coefficient (Wildman–Crippen LogP) is 3.87. The monoisotopic (exact) mass is 543 g/mol.